The summed E-state index contributed by atoms with van der Waals surface area (Å²) in [6, 6.07) is 6.21. The van der Waals surface area contributed by atoms with E-state index in [1.54, 1.807) is 18.2 Å². The van der Waals surface area contributed by atoms with Crippen LogP contribution in [0.2, 0.25) is 5.02 Å². The maximum Gasteiger partial charge on any atom is 0.242 e. The van der Waals surface area contributed by atoms with Crippen LogP contribution in [0.5, 0.6) is 0 Å². The van der Waals surface area contributed by atoms with Crippen molar-refractivity contribution >= 4 is 33.0 Å². The number of aromatic nitrogens is 1. The van der Waals surface area contributed by atoms with Crippen LogP contribution in [-0.4, -0.2) is 13.4 Å². The lowest BCUT2D eigenvalue weighted by Crippen LogP contribution is -2.30. The van der Waals surface area contributed by atoms with Crippen LogP contribution in [0.3, 0.4) is 0 Å². The van der Waals surface area contributed by atoms with E-state index < -0.39 is 10.0 Å². The van der Waals surface area contributed by atoms with E-state index in [0.717, 1.165) is 23.5 Å². The van der Waals surface area contributed by atoms with E-state index in [-0.39, 0.29) is 16.0 Å². The second kappa shape index (κ2) is 5.68. The minimum Gasteiger partial charge on any atom is -0.245 e. The maximum absolute atomic E-state index is 12.6. The number of thiazole rings is 1. The van der Waals surface area contributed by atoms with Gasteiger partial charge in [-0.25, -0.2) is 18.1 Å². The van der Waals surface area contributed by atoms with Crippen LogP contribution in [0.1, 0.15) is 29.6 Å². The summed E-state index contributed by atoms with van der Waals surface area (Å²) in [6.07, 6.45) is 2.04. The van der Waals surface area contributed by atoms with Crippen molar-refractivity contribution in [3.8, 4) is 0 Å². The second-order valence-corrected chi connectivity index (χ2v) is 8.17. The van der Waals surface area contributed by atoms with E-state index in [4.69, 9.17) is 11.6 Å². The molecule has 1 N–H and O–H groups in total. The van der Waals surface area contributed by atoms with Gasteiger partial charge >= 0.3 is 0 Å². The van der Waals surface area contributed by atoms with Gasteiger partial charge < -0.3 is 0 Å². The normalized spacial score (nSPS) is 16.9. The van der Waals surface area contributed by atoms with Crippen molar-refractivity contribution in [1.29, 1.82) is 0 Å². The molecule has 2 aromatic rings. The summed E-state index contributed by atoms with van der Waals surface area (Å²) in [4.78, 5) is 4.55. The number of nitrogens with zero attached hydrogens (tertiary/aromatic N) is 1. The lowest BCUT2D eigenvalue weighted by atomic mass is 10.2. The first-order valence-electron chi connectivity index (χ1n) is 6.66. The maximum atomic E-state index is 12.6. The van der Waals surface area contributed by atoms with Crippen molar-refractivity contribution in [3.05, 3.63) is 45.4 Å². The van der Waals surface area contributed by atoms with Crippen molar-refractivity contribution in [2.45, 2.75) is 30.7 Å². The molecule has 1 atom stereocenters. The highest BCUT2D eigenvalue weighted by atomic mass is 35.5. The van der Waals surface area contributed by atoms with Gasteiger partial charge in [-0.1, -0.05) is 23.7 Å². The molecule has 21 heavy (non-hydrogen) atoms. The molecule has 0 amide bonds. The van der Waals surface area contributed by atoms with Crippen molar-refractivity contribution in [1.82, 2.24) is 9.71 Å². The molecule has 1 aromatic heterocycles. The molecule has 112 valence electrons. The van der Waals surface area contributed by atoms with Gasteiger partial charge in [0.25, 0.3) is 0 Å². The van der Waals surface area contributed by atoms with Crippen LogP contribution in [0, 0.1) is 12.8 Å². The largest absolute Gasteiger partial charge is 0.245 e. The third kappa shape index (κ3) is 3.29. The zero-order valence-corrected chi connectivity index (χ0v) is 13.8. The monoisotopic (exact) mass is 342 g/mol. The Morgan fingerprint density at radius 2 is 2.10 bits per heavy atom. The fourth-order valence-electron chi connectivity index (χ4n) is 2.19. The first-order chi connectivity index (χ1) is 9.97. The molecule has 0 spiro atoms. The summed E-state index contributed by atoms with van der Waals surface area (Å²) in [5.41, 5.74) is 0.914. The Labute approximate surface area is 133 Å². The Morgan fingerprint density at radius 1 is 1.38 bits per heavy atom. The summed E-state index contributed by atoms with van der Waals surface area (Å²) in [5, 5.41) is 3.00. The van der Waals surface area contributed by atoms with Gasteiger partial charge in [-0.15, -0.1) is 11.3 Å². The van der Waals surface area contributed by atoms with Gasteiger partial charge in [-0.05, 0) is 37.8 Å². The molecule has 1 aromatic carbocycles. The zero-order chi connectivity index (χ0) is 15.0. The minimum absolute atomic E-state index is 0.116. The third-order valence-corrected chi connectivity index (χ3v) is 6.39. The molecule has 1 aliphatic rings. The molecule has 3 rings (SSSR count). The van der Waals surface area contributed by atoms with Gasteiger partial charge in [0.05, 0.1) is 11.1 Å². The van der Waals surface area contributed by atoms with E-state index in [1.807, 2.05) is 12.3 Å². The van der Waals surface area contributed by atoms with Gasteiger partial charge in [-0.2, -0.15) is 0 Å². The molecule has 4 nitrogen and oxygen atoms in total. The average Bonchev–Trinajstić information content (AvgIpc) is 3.18. The number of halogens is 1. The number of aryl methyl sites for hydroxylation is 1. The quantitative estimate of drug-likeness (QED) is 0.904. The SMILES string of the molecule is Cc1csc([C@H](NS(=O)(=O)c2ccccc2Cl)C2CC2)n1. The summed E-state index contributed by atoms with van der Waals surface area (Å²) in [5.74, 6) is 0.327. The smallest absolute Gasteiger partial charge is 0.242 e. The molecule has 0 saturated heterocycles. The van der Waals surface area contributed by atoms with Gasteiger partial charge in [0.1, 0.15) is 9.90 Å². The van der Waals surface area contributed by atoms with Gasteiger partial charge in [0.2, 0.25) is 10.0 Å². The number of rotatable bonds is 5. The van der Waals surface area contributed by atoms with E-state index in [1.165, 1.54) is 17.4 Å². The lowest BCUT2D eigenvalue weighted by molar-refractivity contribution is 0.527. The summed E-state index contributed by atoms with van der Waals surface area (Å²) in [6.45, 7) is 1.91. The number of hydrogen-bond acceptors (Lipinski definition) is 4. The molecule has 1 fully saturated rings. The third-order valence-electron chi connectivity index (χ3n) is 3.40. The summed E-state index contributed by atoms with van der Waals surface area (Å²) < 4.78 is 27.9. The highest BCUT2D eigenvalue weighted by molar-refractivity contribution is 7.89. The number of hydrogen-bond donors (Lipinski definition) is 1. The Kier molecular flexibility index (Phi) is 4.05. The molecule has 0 unspecified atom stereocenters. The number of sulfonamides is 1. The molecular formula is C14H15ClN2O2S2. The van der Waals surface area contributed by atoms with E-state index in [2.05, 4.69) is 9.71 Å². The Morgan fingerprint density at radius 3 is 2.67 bits per heavy atom. The van der Waals surface area contributed by atoms with E-state index in [0.29, 0.717) is 5.92 Å². The van der Waals surface area contributed by atoms with Crippen LogP contribution in [-0.2, 0) is 10.0 Å². The topological polar surface area (TPSA) is 59.1 Å². The van der Waals surface area contributed by atoms with E-state index >= 15 is 0 Å². The molecular weight excluding hydrogens is 328 g/mol. The molecule has 0 bridgehead atoms. The number of nitrogens with one attached hydrogen (secondary N) is 1. The molecule has 0 radical (unpaired) electrons. The molecule has 1 saturated carbocycles. The molecule has 7 heteroatoms. The highest BCUT2D eigenvalue weighted by Crippen LogP contribution is 2.42. The van der Waals surface area contributed by atoms with Crippen molar-refractivity contribution in [2.75, 3.05) is 0 Å². The standard InChI is InChI=1S/C14H15ClN2O2S2/c1-9-8-20-14(16-9)13(10-6-7-10)17-21(18,19)12-5-3-2-4-11(12)15/h2-5,8,10,13,17H,6-7H2,1H3/t13-/m1/s1. The van der Waals surface area contributed by atoms with Crippen LogP contribution >= 0.6 is 22.9 Å². The Balaban J connectivity index is 1.91. The molecule has 1 aliphatic carbocycles. The lowest BCUT2D eigenvalue weighted by Gasteiger charge is -2.16. The van der Waals surface area contributed by atoms with Gasteiger partial charge in [0.15, 0.2) is 0 Å². The first kappa shape index (κ1) is 15.0. The first-order valence-corrected chi connectivity index (χ1v) is 9.40. The van der Waals surface area contributed by atoms with Crippen LogP contribution in [0.15, 0.2) is 34.5 Å². The van der Waals surface area contributed by atoms with Crippen molar-refractivity contribution in [3.63, 3.8) is 0 Å². The average molecular weight is 343 g/mol. The summed E-state index contributed by atoms with van der Waals surface area (Å²) >= 11 is 7.50. The van der Waals surface area contributed by atoms with Gasteiger partial charge in [0, 0.05) is 11.1 Å². The minimum atomic E-state index is -3.65. The highest BCUT2D eigenvalue weighted by Gasteiger charge is 2.37. The van der Waals surface area contributed by atoms with Crippen LogP contribution in [0.4, 0.5) is 0 Å². The van der Waals surface area contributed by atoms with E-state index in [9.17, 15) is 8.42 Å². The fraction of sp³-hybridized carbons (Fsp3) is 0.357. The summed E-state index contributed by atoms with van der Waals surface area (Å²) in [7, 11) is -3.65. The predicted octanol–water partition coefficient (Wildman–Crippen LogP) is 3.53. The second-order valence-electron chi connectivity index (χ2n) is 5.19. The van der Waals surface area contributed by atoms with Crippen LogP contribution < -0.4 is 4.72 Å². The van der Waals surface area contributed by atoms with Gasteiger partial charge in [-0.3, -0.25) is 0 Å². The Bertz CT molecular complexity index is 754. The molecule has 0 aliphatic heterocycles. The predicted molar refractivity (Wildman–Crippen MR) is 84.1 cm³/mol. The zero-order valence-electron chi connectivity index (χ0n) is 11.4. The fourth-order valence-corrected chi connectivity index (χ4v) is 4.99. The number of benzene rings is 1. The van der Waals surface area contributed by atoms with Crippen LogP contribution in [0.25, 0.3) is 0 Å². The Hall–Kier alpha value is -0.950. The van der Waals surface area contributed by atoms with Crippen molar-refractivity contribution < 1.29 is 8.42 Å². The molecule has 1 heterocycles. The van der Waals surface area contributed by atoms with Crippen molar-refractivity contribution in [2.24, 2.45) is 5.92 Å².